The van der Waals surface area contributed by atoms with Gasteiger partial charge >= 0.3 is 0 Å². The van der Waals surface area contributed by atoms with Crippen LogP contribution < -0.4 is 4.74 Å². The average Bonchev–Trinajstić information content (AvgIpc) is 2.98. The molecule has 0 atom stereocenters. The summed E-state index contributed by atoms with van der Waals surface area (Å²) in [6.07, 6.45) is 5.15. The summed E-state index contributed by atoms with van der Waals surface area (Å²) in [6.45, 7) is 4.42. The molecule has 0 radical (unpaired) electrons. The summed E-state index contributed by atoms with van der Waals surface area (Å²) < 4.78 is 5.49. The number of aromatic hydroxyl groups is 1. The summed E-state index contributed by atoms with van der Waals surface area (Å²) in [5, 5.41) is 11.9. The van der Waals surface area contributed by atoms with Gasteiger partial charge in [-0.1, -0.05) is 11.6 Å². The molecule has 0 fully saturated rings. The molecule has 1 aromatic heterocycles. The second-order valence-corrected chi connectivity index (χ2v) is 5.96. The zero-order chi connectivity index (χ0) is 15.9. The molecule has 114 valence electrons. The maximum Gasteiger partial charge on any atom is 0.189 e. The van der Waals surface area contributed by atoms with E-state index in [0.29, 0.717) is 12.4 Å². The highest BCUT2D eigenvalue weighted by atomic mass is 32.1. The van der Waals surface area contributed by atoms with Gasteiger partial charge in [-0.2, -0.15) is 0 Å². The molecule has 0 saturated carbocycles. The first-order valence-electron chi connectivity index (χ1n) is 6.91. The van der Waals surface area contributed by atoms with Crippen LogP contribution in [0.25, 0.3) is 6.08 Å². The van der Waals surface area contributed by atoms with Gasteiger partial charge in [0.1, 0.15) is 18.1 Å². The van der Waals surface area contributed by atoms with E-state index in [1.54, 1.807) is 29.5 Å². The highest BCUT2D eigenvalue weighted by molar-refractivity contribution is 7.10. The van der Waals surface area contributed by atoms with Crippen LogP contribution in [0, 0.1) is 0 Å². The minimum absolute atomic E-state index is 0.0736. The van der Waals surface area contributed by atoms with E-state index in [-0.39, 0.29) is 17.1 Å². The molecule has 0 amide bonds. The molecule has 22 heavy (non-hydrogen) atoms. The number of ketones is 1. The summed E-state index contributed by atoms with van der Waals surface area (Å²) >= 11 is 1.55. The maximum atomic E-state index is 12.1. The highest BCUT2D eigenvalue weighted by Gasteiger charge is 2.09. The Morgan fingerprint density at radius 1 is 1.32 bits per heavy atom. The van der Waals surface area contributed by atoms with Crippen molar-refractivity contribution in [2.45, 2.75) is 13.8 Å². The van der Waals surface area contributed by atoms with Gasteiger partial charge in [0.05, 0.1) is 5.56 Å². The second kappa shape index (κ2) is 7.61. The topological polar surface area (TPSA) is 46.5 Å². The summed E-state index contributed by atoms with van der Waals surface area (Å²) in [7, 11) is 0. The fraction of sp³-hybridized carbons (Fsp3) is 0.167. The van der Waals surface area contributed by atoms with Crippen molar-refractivity contribution < 1.29 is 14.6 Å². The van der Waals surface area contributed by atoms with Crippen LogP contribution in [0.15, 0.2) is 53.4 Å². The van der Waals surface area contributed by atoms with E-state index < -0.39 is 0 Å². The number of carbonyl (C=O) groups is 1. The number of hydrogen-bond donors (Lipinski definition) is 1. The monoisotopic (exact) mass is 314 g/mol. The molecule has 0 saturated heterocycles. The minimum atomic E-state index is -0.234. The van der Waals surface area contributed by atoms with Crippen molar-refractivity contribution in [2.24, 2.45) is 0 Å². The largest absolute Gasteiger partial charge is 0.507 e. The molecule has 0 unspecified atom stereocenters. The summed E-state index contributed by atoms with van der Waals surface area (Å²) in [4.78, 5) is 13.1. The lowest BCUT2D eigenvalue weighted by atomic mass is 10.1. The molecule has 4 heteroatoms. The summed E-state index contributed by atoms with van der Waals surface area (Å²) in [5.74, 6) is 0.228. The summed E-state index contributed by atoms with van der Waals surface area (Å²) in [6, 6.07) is 8.57. The third-order valence-electron chi connectivity index (χ3n) is 2.92. The first-order valence-corrected chi connectivity index (χ1v) is 7.79. The normalized spacial score (nSPS) is 10.6. The maximum absolute atomic E-state index is 12.1. The lowest BCUT2D eigenvalue weighted by Crippen LogP contribution is -1.98. The number of rotatable bonds is 6. The molecule has 0 bridgehead atoms. The lowest BCUT2D eigenvalue weighted by molar-refractivity contribution is 0.104. The number of benzene rings is 1. The average molecular weight is 314 g/mol. The van der Waals surface area contributed by atoms with E-state index in [9.17, 15) is 9.90 Å². The quantitative estimate of drug-likeness (QED) is 0.478. The van der Waals surface area contributed by atoms with Crippen LogP contribution in [0.1, 0.15) is 29.1 Å². The fourth-order valence-electron chi connectivity index (χ4n) is 1.75. The van der Waals surface area contributed by atoms with Crippen molar-refractivity contribution in [1.82, 2.24) is 0 Å². The van der Waals surface area contributed by atoms with Crippen molar-refractivity contribution in [2.75, 3.05) is 6.61 Å². The first kappa shape index (κ1) is 16.0. The highest BCUT2D eigenvalue weighted by Crippen LogP contribution is 2.24. The van der Waals surface area contributed by atoms with Crippen molar-refractivity contribution >= 4 is 23.2 Å². The Hall–Kier alpha value is -2.33. The predicted octanol–water partition coefficient (Wildman–Crippen LogP) is 4.69. The van der Waals surface area contributed by atoms with E-state index >= 15 is 0 Å². The molecule has 0 aliphatic heterocycles. The minimum Gasteiger partial charge on any atom is -0.507 e. The molecule has 0 spiro atoms. The number of thiophene rings is 1. The van der Waals surface area contributed by atoms with Gasteiger partial charge in [-0.25, -0.2) is 0 Å². The number of phenols is 1. The molecule has 1 N–H and O–H groups in total. The number of allylic oxidation sites excluding steroid dienone is 2. The zero-order valence-corrected chi connectivity index (χ0v) is 13.4. The van der Waals surface area contributed by atoms with Crippen molar-refractivity contribution in [3.63, 3.8) is 0 Å². The zero-order valence-electron chi connectivity index (χ0n) is 12.6. The number of ether oxygens (including phenoxy) is 1. The van der Waals surface area contributed by atoms with Gasteiger partial charge in [0.15, 0.2) is 5.78 Å². The van der Waals surface area contributed by atoms with Crippen LogP contribution in [0.3, 0.4) is 0 Å². The first-order chi connectivity index (χ1) is 10.6. The van der Waals surface area contributed by atoms with Gasteiger partial charge in [0, 0.05) is 10.9 Å². The Labute approximate surface area is 134 Å². The van der Waals surface area contributed by atoms with Gasteiger partial charge in [0.25, 0.3) is 0 Å². The Morgan fingerprint density at radius 2 is 2.14 bits per heavy atom. The third kappa shape index (κ3) is 4.60. The second-order valence-electron chi connectivity index (χ2n) is 4.98. The van der Waals surface area contributed by atoms with Crippen LogP contribution in [0.5, 0.6) is 11.5 Å². The van der Waals surface area contributed by atoms with Crippen molar-refractivity contribution in [3.05, 3.63) is 63.9 Å². The van der Waals surface area contributed by atoms with Crippen molar-refractivity contribution in [3.8, 4) is 11.5 Å². The number of hydrogen-bond acceptors (Lipinski definition) is 4. The van der Waals surface area contributed by atoms with Crippen LogP contribution >= 0.6 is 11.3 Å². The van der Waals surface area contributed by atoms with E-state index in [0.717, 1.165) is 10.5 Å². The van der Waals surface area contributed by atoms with E-state index in [1.165, 1.54) is 12.1 Å². The predicted molar refractivity (Wildman–Crippen MR) is 90.7 cm³/mol. The molecular weight excluding hydrogens is 296 g/mol. The van der Waals surface area contributed by atoms with E-state index in [2.05, 4.69) is 0 Å². The van der Waals surface area contributed by atoms with Crippen molar-refractivity contribution in [1.29, 1.82) is 0 Å². The van der Waals surface area contributed by atoms with Crippen LogP contribution in [0.4, 0.5) is 0 Å². The van der Waals surface area contributed by atoms with Gasteiger partial charge in [0.2, 0.25) is 0 Å². The van der Waals surface area contributed by atoms with Gasteiger partial charge in [-0.3, -0.25) is 4.79 Å². The number of carbonyl (C=O) groups excluding carboxylic acids is 1. The lowest BCUT2D eigenvalue weighted by Gasteiger charge is -2.06. The Morgan fingerprint density at radius 3 is 2.77 bits per heavy atom. The fourth-order valence-corrected chi connectivity index (χ4v) is 2.37. The van der Waals surface area contributed by atoms with Gasteiger partial charge in [-0.15, -0.1) is 11.3 Å². The molecule has 1 heterocycles. The van der Waals surface area contributed by atoms with E-state index in [1.807, 2.05) is 37.4 Å². The van der Waals surface area contributed by atoms with Gasteiger partial charge in [-0.05, 0) is 55.7 Å². The molecular formula is C18H18O3S. The molecule has 0 aliphatic rings. The molecule has 2 rings (SSSR count). The van der Waals surface area contributed by atoms with E-state index in [4.69, 9.17) is 4.74 Å². The van der Waals surface area contributed by atoms with Crippen LogP contribution in [0.2, 0.25) is 0 Å². The van der Waals surface area contributed by atoms with Crippen LogP contribution in [-0.2, 0) is 0 Å². The Kier molecular flexibility index (Phi) is 5.55. The summed E-state index contributed by atoms with van der Waals surface area (Å²) in [5.41, 5.74) is 1.43. The smallest absolute Gasteiger partial charge is 0.189 e. The molecule has 0 aliphatic carbocycles. The number of phenolic OH excluding ortho intramolecular Hbond substituents is 1. The molecule has 3 nitrogen and oxygen atoms in total. The SMILES string of the molecule is CC(C)=CCOc1ccc(C(=O)C=Cc2cccs2)c(O)c1. The van der Waals surface area contributed by atoms with Crippen LogP contribution in [-0.4, -0.2) is 17.5 Å². The third-order valence-corrected chi connectivity index (χ3v) is 3.76. The standard InChI is InChI=1S/C18H18O3S/c1-13(2)9-10-21-14-5-7-16(18(20)12-14)17(19)8-6-15-4-3-11-22-15/h3-9,11-12,20H,10H2,1-2H3. The molecule has 2 aromatic rings. The molecule has 1 aromatic carbocycles. The van der Waals surface area contributed by atoms with Gasteiger partial charge < -0.3 is 9.84 Å². The Balaban J connectivity index is 2.05. The Bertz CT molecular complexity index is 693.